The maximum atomic E-state index is 13.5. The van der Waals surface area contributed by atoms with Crippen molar-refractivity contribution in [1.29, 1.82) is 0 Å². The third-order valence-electron chi connectivity index (χ3n) is 5.13. The lowest BCUT2D eigenvalue weighted by Gasteiger charge is -2.31. The van der Waals surface area contributed by atoms with E-state index in [2.05, 4.69) is 37.2 Å². The number of nitrogens with zero attached hydrogens (tertiary/aromatic N) is 1. The smallest absolute Gasteiger partial charge is 0.261 e. The minimum Gasteiger partial charge on any atom is -0.483 e. The van der Waals surface area contributed by atoms with Crippen LogP contribution in [0.1, 0.15) is 18.1 Å². The highest BCUT2D eigenvalue weighted by Gasteiger charge is 2.30. The Morgan fingerprint density at radius 3 is 2.35 bits per heavy atom. The van der Waals surface area contributed by atoms with Gasteiger partial charge in [-0.15, -0.1) is 0 Å². The number of amides is 2. The van der Waals surface area contributed by atoms with Gasteiger partial charge in [-0.05, 0) is 64.3 Å². The first kappa shape index (κ1) is 26.3. The zero-order valence-electron chi connectivity index (χ0n) is 18.6. The van der Waals surface area contributed by atoms with Crippen LogP contribution in [0.4, 0.5) is 0 Å². The number of carbonyl (C=O) groups excluding carboxylic acids is 2. The van der Waals surface area contributed by atoms with Crippen LogP contribution in [0.5, 0.6) is 5.75 Å². The van der Waals surface area contributed by atoms with Crippen molar-refractivity contribution in [3.8, 4) is 5.75 Å². The average Bonchev–Trinajstić information content (AvgIpc) is 2.82. The quantitative estimate of drug-likeness (QED) is 0.306. The highest BCUT2D eigenvalue weighted by Crippen LogP contribution is 2.28. The first-order chi connectivity index (χ1) is 16.4. The second-order valence-electron chi connectivity index (χ2n) is 7.61. The van der Waals surface area contributed by atoms with Crippen molar-refractivity contribution >= 4 is 55.3 Å². The summed E-state index contributed by atoms with van der Waals surface area (Å²) < 4.78 is 7.38. The average molecular weight is 609 g/mol. The van der Waals surface area contributed by atoms with Crippen molar-refractivity contribution in [2.24, 2.45) is 0 Å². The Morgan fingerprint density at radius 2 is 1.71 bits per heavy atom. The summed E-state index contributed by atoms with van der Waals surface area (Å²) in [6, 6.07) is 21.8. The van der Waals surface area contributed by atoms with E-state index in [1.54, 1.807) is 23.1 Å². The maximum absolute atomic E-state index is 13.5. The molecule has 5 nitrogen and oxygen atoms in total. The molecule has 0 aliphatic heterocycles. The van der Waals surface area contributed by atoms with Gasteiger partial charge in [0.1, 0.15) is 11.8 Å². The highest BCUT2D eigenvalue weighted by molar-refractivity contribution is 9.10. The number of benzene rings is 3. The van der Waals surface area contributed by atoms with Crippen LogP contribution in [0.25, 0.3) is 0 Å². The zero-order chi connectivity index (χ0) is 24.5. The molecule has 0 aliphatic rings. The lowest BCUT2D eigenvalue weighted by molar-refractivity contribution is -0.142. The van der Waals surface area contributed by atoms with E-state index in [-0.39, 0.29) is 25.0 Å². The van der Waals surface area contributed by atoms with E-state index >= 15 is 0 Å². The third kappa shape index (κ3) is 7.58. The topological polar surface area (TPSA) is 58.6 Å². The first-order valence-corrected chi connectivity index (χ1v) is 12.8. The Hall–Kier alpha value is -2.35. The molecular weight excluding hydrogens is 584 g/mol. The van der Waals surface area contributed by atoms with Gasteiger partial charge in [0.2, 0.25) is 5.91 Å². The number of hydrogen-bond donors (Lipinski definition) is 1. The number of rotatable bonds is 10. The number of nitrogens with one attached hydrogen (secondary N) is 1. The molecule has 0 fully saturated rings. The molecule has 0 spiro atoms. The Labute approximate surface area is 221 Å². The summed E-state index contributed by atoms with van der Waals surface area (Å²) in [6.07, 6.45) is 0.388. The van der Waals surface area contributed by atoms with Crippen LogP contribution in [0.15, 0.2) is 81.7 Å². The number of halogens is 3. The highest BCUT2D eigenvalue weighted by atomic mass is 79.9. The van der Waals surface area contributed by atoms with Crippen molar-refractivity contribution in [3.63, 3.8) is 0 Å². The molecule has 8 heteroatoms. The van der Waals surface area contributed by atoms with E-state index in [4.69, 9.17) is 16.3 Å². The molecule has 0 aliphatic carbocycles. The molecule has 0 saturated carbocycles. The first-order valence-electron chi connectivity index (χ1n) is 10.8. The molecule has 3 aromatic rings. The van der Waals surface area contributed by atoms with E-state index in [1.807, 2.05) is 61.5 Å². The van der Waals surface area contributed by atoms with E-state index in [9.17, 15) is 9.59 Å². The summed E-state index contributed by atoms with van der Waals surface area (Å²) in [5, 5.41) is 3.44. The van der Waals surface area contributed by atoms with Gasteiger partial charge in [0.05, 0.1) is 4.47 Å². The fourth-order valence-electron chi connectivity index (χ4n) is 3.45. The molecule has 3 aromatic carbocycles. The monoisotopic (exact) mass is 606 g/mol. The predicted octanol–water partition coefficient (Wildman–Crippen LogP) is 6.02. The number of ether oxygens (including phenoxy) is 1. The summed E-state index contributed by atoms with van der Waals surface area (Å²) in [5.41, 5.74) is 1.88. The van der Waals surface area contributed by atoms with E-state index < -0.39 is 6.04 Å². The Bertz CT molecular complexity index is 1110. The van der Waals surface area contributed by atoms with Crippen molar-refractivity contribution in [2.45, 2.75) is 25.9 Å². The van der Waals surface area contributed by atoms with Crippen LogP contribution < -0.4 is 10.1 Å². The van der Waals surface area contributed by atoms with Crippen LogP contribution >= 0.6 is 43.5 Å². The molecule has 178 valence electrons. The second-order valence-corrected chi connectivity index (χ2v) is 9.82. The normalized spacial score (nSPS) is 11.5. The molecule has 1 unspecified atom stereocenters. The van der Waals surface area contributed by atoms with Crippen molar-refractivity contribution < 1.29 is 14.3 Å². The van der Waals surface area contributed by atoms with Gasteiger partial charge in [0.15, 0.2) is 6.61 Å². The summed E-state index contributed by atoms with van der Waals surface area (Å²) in [6.45, 7) is 2.38. The number of carbonyl (C=O) groups is 2. The van der Waals surface area contributed by atoms with Crippen LogP contribution in [0.2, 0.25) is 5.02 Å². The Balaban J connectivity index is 1.89. The predicted molar refractivity (Wildman–Crippen MR) is 142 cm³/mol. The molecular formula is C26H25Br2ClN2O3. The van der Waals surface area contributed by atoms with E-state index in [1.165, 1.54) is 0 Å². The van der Waals surface area contributed by atoms with Crippen LogP contribution in [0.3, 0.4) is 0 Å². The van der Waals surface area contributed by atoms with E-state index in [0.29, 0.717) is 28.2 Å². The molecule has 34 heavy (non-hydrogen) atoms. The van der Waals surface area contributed by atoms with Crippen molar-refractivity contribution in [3.05, 3.63) is 97.9 Å². The molecule has 2 amide bonds. The molecule has 0 saturated heterocycles. The molecule has 0 heterocycles. The Kier molecular flexibility index (Phi) is 9.99. The largest absolute Gasteiger partial charge is 0.483 e. The fourth-order valence-corrected chi connectivity index (χ4v) is 4.51. The van der Waals surface area contributed by atoms with Crippen LogP contribution in [-0.4, -0.2) is 35.9 Å². The lowest BCUT2D eigenvalue weighted by Crippen LogP contribution is -2.51. The third-order valence-corrected chi connectivity index (χ3v) is 6.52. The summed E-state index contributed by atoms with van der Waals surface area (Å²) in [5.74, 6) is 0.000372. The zero-order valence-corrected chi connectivity index (χ0v) is 22.6. The van der Waals surface area contributed by atoms with Gasteiger partial charge in [-0.3, -0.25) is 9.59 Å². The Morgan fingerprint density at radius 1 is 1.00 bits per heavy atom. The number of likely N-dealkylation sites (N-methyl/N-ethyl adjacent to an activating group) is 1. The van der Waals surface area contributed by atoms with Crippen molar-refractivity contribution in [1.82, 2.24) is 10.2 Å². The van der Waals surface area contributed by atoms with E-state index in [0.717, 1.165) is 15.6 Å². The van der Waals surface area contributed by atoms with Gasteiger partial charge in [-0.2, -0.15) is 0 Å². The SMILES string of the molecule is CCNC(=O)C(Cc1ccccc1)N(Cc1ccc(Br)cc1)C(=O)COc1ccc(Cl)cc1Br. The maximum Gasteiger partial charge on any atom is 0.261 e. The van der Waals surface area contributed by atoms with Gasteiger partial charge in [0.25, 0.3) is 5.91 Å². The van der Waals surface area contributed by atoms with Gasteiger partial charge in [0, 0.05) is 29.0 Å². The van der Waals surface area contributed by atoms with Crippen LogP contribution in [0, 0.1) is 0 Å². The van der Waals surface area contributed by atoms with Gasteiger partial charge < -0.3 is 15.0 Å². The summed E-state index contributed by atoms with van der Waals surface area (Å²) >= 11 is 12.9. The van der Waals surface area contributed by atoms with Gasteiger partial charge in [-0.25, -0.2) is 0 Å². The minimum atomic E-state index is -0.698. The second kappa shape index (κ2) is 12.9. The summed E-state index contributed by atoms with van der Waals surface area (Å²) in [4.78, 5) is 28.2. The lowest BCUT2D eigenvalue weighted by atomic mass is 10.0. The molecule has 3 rings (SSSR count). The molecule has 0 bridgehead atoms. The minimum absolute atomic E-state index is 0.204. The fraction of sp³-hybridized carbons (Fsp3) is 0.231. The molecule has 1 atom stereocenters. The van der Waals surface area contributed by atoms with Gasteiger partial charge >= 0.3 is 0 Å². The van der Waals surface area contributed by atoms with Crippen LogP contribution in [-0.2, 0) is 22.6 Å². The molecule has 0 radical (unpaired) electrons. The molecule has 1 N–H and O–H groups in total. The number of hydrogen-bond acceptors (Lipinski definition) is 3. The summed E-state index contributed by atoms with van der Waals surface area (Å²) in [7, 11) is 0. The standard InChI is InChI=1S/C26H25Br2ClN2O3/c1-2-30-26(33)23(14-18-6-4-3-5-7-18)31(16-19-8-10-20(27)11-9-19)25(32)17-34-24-13-12-21(29)15-22(24)28/h3-13,15,23H,2,14,16-17H2,1H3,(H,30,33). The van der Waals surface area contributed by atoms with Gasteiger partial charge in [-0.1, -0.05) is 70.0 Å². The molecule has 0 aromatic heterocycles. The van der Waals surface area contributed by atoms with Crippen molar-refractivity contribution in [2.75, 3.05) is 13.2 Å².